The number of hydrogen-bond acceptors (Lipinski definition) is 2. The summed E-state index contributed by atoms with van der Waals surface area (Å²) in [5, 5.41) is 14.6. The fraction of sp³-hybridized carbons (Fsp3) is 0.278. The van der Waals surface area contributed by atoms with Crippen LogP contribution in [0.2, 0.25) is 0 Å². The average Bonchev–Trinajstić information content (AvgIpc) is 2.56. The third kappa shape index (κ3) is 3.87. The molecule has 7 heteroatoms. The number of aryl methyl sites for hydroxylation is 1. The topological polar surface area (TPSA) is 61.4 Å². The van der Waals surface area contributed by atoms with E-state index < -0.39 is 23.5 Å². The number of alkyl halides is 3. The van der Waals surface area contributed by atoms with E-state index in [0.717, 1.165) is 43.4 Å². The molecule has 1 aliphatic carbocycles. The Kier molecular flexibility index (Phi) is 4.57. The van der Waals surface area contributed by atoms with Gasteiger partial charge >= 0.3 is 12.2 Å². The van der Waals surface area contributed by atoms with Crippen LogP contribution in [-0.4, -0.2) is 11.1 Å². The number of fused-ring (bicyclic) bond motifs is 1. The molecule has 0 radical (unpaired) electrons. The van der Waals surface area contributed by atoms with Crippen LogP contribution in [0.3, 0.4) is 0 Å². The molecule has 25 heavy (non-hydrogen) atoms. The molecule has 0 saturated heterocycles. The molecule has 4 nitrogen and oxygen atoms in total. The molecule has 0 fully saturated rings. The van der Waals surface area contributed by atoms with E-state index in [1.165, 1.54) is 5.56 Å². The molecular formula is C18H17F3N2O2. The number of amides is 2. The van der Waals surface area contributed by atoms with E-state index in [-0.39, 0.29) is 5.69 Å². The number of carbonyl (C=O) groups excluding carboxylic acids is 1. The van der Waals surface area contributed by atoms with Gasteiger partial charge < -0.3 is 15.7 Å². The number of hydrogen-bond donors (Lipinski definition) is 3. The van der Waals surface area contributed by atoms with Crippen LogP contribution in [0.4, 0.5) is 29.3 Å². The van der Waals surface area contributed by atoms with Gasteiger partial charge in [0.15, 0.2) is 0 Å². The Balaban J connectivity index is 1.78. The molecule has 0 spiro atoms. The summed E-state index contributed by atoms with van der Waals surface area (Å²) in [6.45, 7) is 0. The lowest BCUT2D eigenvalue weighted by atomic mass is 9.90. The smallest absolute Gasteiger partial charge is 0.416 e. The molecule has 2 amide bonds. The summed E-state index contributed by atoms with van der Waals surface area (Å²) < 4.78 is 38.3. The van der Waals surface area contributed by atoms with E-state index in [2.05, 4.69) is 10.6 Å². The molecule has 132 valence electrons. The highest BCUT2D eigenvalue weighted by molar-refractivity contribution is 6.01. The van der Waals surface area contributed by atoms with E-state index in [9.17, 15) is 23.1 Å². The number of aromatic hydroxyl groups is 1. The Labute approximate surface area is 142 Å². The van der Waals surface area contributed by atoms with Crippen LogP contribution in [0.5, 0.6) is 5.75 Å². The van der Waals surface area contributed by atoms with Crippen LogP contribution >= 0.6 is 0 Å². The molecule has 0 aliphatic heterocycles. The first kappa shape index (κ1) is 17.1. The minimum absolute atomic E-state index is 0.294. The van der Waals surface area contributed by atoms with E-state index in [1.807, 2.05) is 12.1 Å². The Morgan fingerprint density at radius 2 is 1.72 bits per heavy atom. The number of urea groups is 1. The molecule has 0 atom stereocenters. The second-order valence-corrected chi connectivity index (χ2v) is 5.96. The lowest BCUT2D eigenvalue weighted by Gasteiger charge is -2.20. The summed E-state index contributed by atoms with van der Waals surface area (Å²) in [5.41, 5.74) is 1.62. The molecule has 0 unspecified atom stereocenters. The lowest BCUT2D eigenvalue weighted by Crippen LogP contribution is -2.21. The fourth-order valence-corrected chi connectivity index (χ4v) is 2.99. The van der Waals surface area contributed by atoms with Gasteiger partial charge in [0.2, 0.25) is 0 Å². The van der Waals surface area contributed by atoms with Gasteiger partial charge in [-0.1, -0.05) is 12.1 Å². The van der Waals surface area contributed by atoms with E-state index in [0.29, 0.717) is 11.8 Å². The zero-order valence-electron chi connectivity index (χ0n) is 13.3. The van der Waals surface area contributed by atoms with Crippen molar-refractivity contribution in [1.82, 2.24) is 0 Å². The predicted octanol–water partition coefficient (Wildman–Crippen LogP) is 4.93. The summed E-state index contributed by atoms with van der Waals surface area (Å²) in [4.78, 5) is 12.2. The van der Waals surface area contributed by atoms with Crippen molar-refractivity contribution in [3.63, 3.8) is 0 Å². The minimum Gasteiger partial charge on any atom is -0.506 e. The van der Waals surface area contributed by atoms with Gasteiger partial charge in [0, 0.05) is 5.69 Å². The normalized spacial score (nSPS) is 13.9. The SMILES string of the molecule is O=C(Nc1cc(C(F)(F)F)ccc1O)Nc1cccc2c1CCCC2. The lowest BCUT2D eigenvalue weighted by molar-refractivity contribution is -0.137. The quantitative estimate of drug-likeness (QED) is 0.672. The number of rotatable bonds is 2. The Hall–Kier alpha value is -2.70. The second-order valence-electron chi connectivity index (χ2n) is 5.96. The molecular weight excluding hydrogens is 333 g/mol. The van der Waals surface area contributed by atoms with Crippen LogP contribution in [0.1, 0.15) is 29.5 Å². The van der Waals surface area contributed by atoms with Crippen LogP contribution in [0, 0.1) is 0 Å². The van der Waals surface area contributed by atoms with Crippen molar-refractivity contribution in [2.45, 2.75) is 31.9 Å². The van der Waals surface area contributed by atoms with Gasteiger partial charge in [-0.2, -0.15) is 13.2 Å². The van der Waals surface area contributed by atoms with Gasteiger partial charge in [0.25, 0.3) is 0 Å². The first-order valence-electron chi connectivity index (χ1n) is 7.93. The van der Waals surface area contributed by atoms with E-state index in [1.54, 1.807) is 6.07 Å². The van der Waals surface area contributed by atoms with Crippen LogP contribution < -0.4 is 10.6 Å². The van der Waals surface area contributed by atoms with Gasteiger partial charge in [-0.25, -0.2) is 4.79 Å². The van der Waals surface area contributed by atoms with Crippen molar-refractivity contribution in [3.05, 3.63) is 53.1 Å². The monoisotopic (exact) mass is 350 g/mol. The highest BCUT2D eigenvalue weighted by Crippen LogP contribution is 2.34. The summed E-state index contributed by atoms with van der Waals surface area (Å²) in [7, 11) is 0. The highest BCUT2D eigenvalue weighted by Gasteiger charge is 2.31. The van der Waals surface area contributed by atoms with Gasteiger partial charge in [-0.15, -0.1) is 0 Å². The maximum atomic E-state index is 12.8. The second kappa shape index (κ2) is 6.66. The molecule has 0 heterocycles. The maximum absolute atomic E-state index is 12.8. The van der Waals surface area contributed by atoms with E-state index >= 15 is 0 Å². The van der Waals surface area contributed by atoms with Gasteiger partial charge in [-0.3, -0.25) is 0 Å². The number of carbonyl (C=O) groups is 1. The standard InChI is InChI=1S/C18H17F3N2O2/c19-18(20,21)12-8-9-16(24)15(10-12)23-17(25)22-14-7-3-5-11-4-1-2-6-13(11)14/h3,5,7-10,24H,1-2,4,6H2,(H2,22,23,25). The molecule has 2 aromatic rings. The molecule has 3 N–H and O–H groups in total. The summed E-state index contributed by atoms with van der Waals surface area (Å²) in [5.74, 6) is -0.432. The van der Waals surface area contributed by atoms with Gasteiger partial charge in [-0.05, 0) is 61.1 Å². The predicted molar refractivity (Wildman–Crippen MR) is 88.8 cm³/mol. The number of anilines is 2. The third-order valence-corrected chi connectivity index (χ3v) is 4.22. The molecule has 0 aromatic heterocycles. The summed E-state index contributed by atoms with van der Waals surface area (Å²) in [6.07, 6.45) is -0.636. The van der Waals surface area contributed by atoms with Gasteiger partial charge in [0.1, 0.15) is 5.75 Å². The van der Waals surface area contributed by atoms with Crippen molar-refractivity contribution in [3.8, 4) is 5.75 Å². The maximum Gasteiger partial charge on any atom is 0.416 e. The largest absolute Gasteiger partial charge is 0.506 e. The van der Waals surface area contributed by atoms with Gasteiger partial charge in [0.05, 0.1) is 11.3 Å². The van der Waals surface area contributed by atoms with Crippen molar-refractivity contribution in [1.29, 1.82) is 0 Å². The van der Waals surface area contributed by atoms with Crippen LogP contribution in [-0.2, 0) is 19.0 Å². The molecule has 2 aromatic carbocycles. The number of halogens is 3. The van der Waals surface area contributed by atoms with Crippen molar-refractivity contribution in [2.24, 2.45) is 0 Å². The number of phenols is 1. The zero-order valence-corrected chi connectivity index (χ0v) is 13.3. The third-order valence-electron chi connectivity index (χ3n) is 4.22. The molecule has 0 bridgehead atoms. The van der Waals surface area contributed by atoms with Crippen LogP contribution in [0.15, 0.2) is 36.4 Å². The number of benzene rings is 2. The molecule has 0 saturated carbocycles. The number of phenolic OH excluding ortho intramolecular Hbond substituents is 1. The Bertz CT molecular complexity index is 803. The molecule has 1 aliphatic rings. The Morgan fingerprint density at radius 1 is 1.00 bits per heavy atom. The van der Waals surface area contributed by atoms with Crippen molar-refractivity contribution < 1.29 is 23.1 Å². The Morgan fingerprint density at radius 3 is 2.48 bits per heavy atom. The summed E-state index contributed by atoms with van der Waals surface area (Å²) >= 11 is 0. The fourth-order valence-electron chi connectivity index (χ4n) is 2.99. The summed E-state index contributed by atoms with van der Waals surface area (Å²) in [6, 6.07) is 7.27. The zero-order chi connectivity index (χ0) is 18.0. The first-order chi connectivity index (χ1) is 11.8. The minimum atomic E-state index is -4.56. The number of nitrogens with one attached hydrogen (secondary N) is 2. The van der Waals surface area contributed by atoms with Crippen LogP contribution in [0.25, 0.3) is 0 Å². The highest BCUT2D eigenvalue weighted by atomic mass is 19.4. The molecule has 3 rings (SSSR count). The average molecular weight is 350 g/mol. The first-order valence-corrected chi connectivity index (χ1v) is 7.93. The van der Waals surface area contributed by atoms with Crippen molar-refractivity contribution in [2.75, 3.05) is 10.6 Å². The van der Waals surface area contributed by atoms with E-state index in [4.69, 9.17) is 0 Å². The van der Waals surface area contributed by atoms with Crippen molar-refractivity contribution >= 4 is 17.4 Å².